The maximum absolute atomic E-state index is 11.7. The summed E-state index contributed by atoms with van der Waals surface area (Å²) < 4.78 is 0.685. The van der Waals surface area contributed by atoms with E-state index >= 15 is 0 Å². The van der Waals surface area contributed by atoms with Gasteiger partial charge < -0.3 is 4.90 Å². The second-order valence-electron chi connectivity index (χ2n) is 4.10. The smallest absolute Gasteiger partial charge is 0.269 e. The monoisotopic (exact) mass is 325 g/mol. The molecule has 21 heavy (non-hydrogen) atoms. The summed E-state index contributed by atoms with van der Waals surface area (Å²) in [5.41, 5.74) is 5.23. The average molecular weight is 325 g/mol. The van der Waals surface area contributed by atoms with Crippen molar-refractivity contribution in [3.63, 3.8) is 0 Å². The molecule has 114 valence electrons. The van der Waals surface area contributed by atoms with E-state index in [9.17, 15) is 9.59 Å². The topological polar surface area (TPSA) is 61.4 Å². The third-order valence-electron chi connectivity index (χ3n) is 2.70. The van der Waals surface area contributed by atoms with E-state index in [0.29, 0.717) is 9.88 Å². The highest BCUT2D eigenvalue weighted by atomic mass is 32.2. The Morgan fingerprint density at radius 3 is 2.33 bits per heavy atom. The molecule has 0 spiro atoms. The molecule has 0 aliphatic rings. The molecule has 7 heteroatoms. The number of carbonyl (C=O) groups is 2. The summed E-state index contributed by atoms with van der Waals surface area (Å²) in [6, 6.07) is 8.68. The first-order valence-corrected chi connectivity index (χ1v) is 8.03. The summed E-state index contributed by atoms with van der Waals surface area (Å²) in [7, 11) is 0. The van der Waals surface area contributed by atoms with E-state index in [1.807, 2.05) is 24.8 Å². The average Bonchev–Trinajstić information content (AvgIpc) is 2.52. The van der Waals surface area contributed by atoms with Crippen molar-refractivity contribution in [2.75, 3.05) is 18.8 Å². The Hall–Kier alpha value is -1.60. The lowest BCUT2D eigenvalue weighted by molar-refractivity contribution is -0.119. The van der Waals surface area contributed by atoms with Crippen molar-refractivity contribution >= 4 is 40.1 Å². The van der Waals surface area contributed by atoms with Crippen LogP contribution in [0.15, 0.2) is 30.3 Å². The van der Waals surface area contributed by atoms with Gasteiger partial charge >= 0.3 is 0 Å². The molecule has 0 saturated heterocycles. The molecule has 0 unspecified atom stereocenters. The molecule has 0 fully saturated rings. The van der Waals surface area contributed by atoms with Gasteiger partial charge in [-0.2, -0.15) is 0 Å². The highest BCUT2D eigenvalue weighted by Gasteiger charge is 2.10. The Kier molecular flexibility index (Phi) is 7.78. The highest BCUT2D eigenvalue weighted by molar-refractivity contribution is 8.23. The predicted octanol–water partition coefficient (Wildman–Crippen LogP) is 1.81. The van der Waals surface area contributed by atoms with Gasteiger partial charge in [-0.05, 0) is 26.0 Å². The summed E-state index contributed by atoms with van der Waals surface area (Å²) in [6.07, 6.45) is 0. The number of hydrogen-bond acceptors (Lipinski definition) is 4. The first kappa shape index (κ1) is 17.5. The Morgan fingerprint density at radius 1 is 1.14 bits per heavy atom. The molecule has 1 aromatic carbocycles. The van der Waals surface area contributed by atoms with Gasteiger partial charge in [0.15, 0.2) is 0 Å². The van der Waals surface area contributed by atoms with E-state index in [4.69, 9.17) is 12.2 Å². The van der Waals surface area contributed by atoms with Gasteiger partial charge in [-0.3, -0.25) is 20.4 Å². The van der Waals surface area contributed by atoms with Crippen molar-refractivity contribution in [1.29, 1.82) is 0 Å². The number of nitrogens with one attached hydrogen (secondary N) is 2. The van der Waals surface area contributed by atoms with Crippen LogP contribution >= 0.6 is 24.0 Å². The van der Waals surface area contributed by atoms with Crippen molar-refractivity contribution in [2.24, 2.45) is 0 Å². The summed E-state index contributed by atoms with van der Waals surface area (Å²) in [5.74, 6) is -0.469. The van der Waals surface area contributed by atoms with Crippen molar-refractivity contribution in [3.8, 4) is 0 Å². The fourth-order valence-corrected chi connectivity index (χ4v) is 2.73. The van der Waals surface area contributed by atoms with E-state index in [2.05, 4.69) is 10.9 Å². The standard InChI is InChI=1S/C14H19N3O2S2/c1-3-17(4-2)14(20)21-10-12(18)15-16-13(19)11-8-6-5-7-9-11/h5-9H,3-4,10H2,1-2H3,(H,15,18)(H,16,19). The van der Waals surface area contributed by atoms with Crippen LogP contribution in [0.5, 0.6) is 0 Å². The zero-order valence-corrected chi connectivity index (χ0v) is 13.7. The molecule has 1 rings (SSSR count). The van der Waals surface area contributed by atoms with Crippen LogP contribution in [-0.2, 0) is 4.79 Å². The first-order valence-electron chi connectivity index (χ1n) is 6.64. The molecule has 0 aromatic heterocycles. The minimum absolute atomic E-state index is 0.171. The first-order chi connectivity index (χ1) is 10.1. The number of thioether (sulfide) groups is 1. The Balaban J connectivity index is 2.32. The van der Waals surface area contributed by atoms with Crippen LogP contribution < -0.4 is 10.9 Å². The number of nitrogens with zero attached hydrogens (tertiary/aromatic N) is 1. The number of benzene rings is 1. The molecule has 0 aliphatic heterocycles. The molecule has 0 saturated carbocycles. The molecule has 0 atom stereocenters. The van der Waals surface area contributed by atoms with E-state index in [1.54, 1.807) is 24.3 Å². The summed E-state index contributed by atoms with van der Waals surface area (Å²) in [5, 5.41) is 0. The summed E-state index contributed by atoms with van der Waals surface area (Å²) in [6.45, 7) is 5.65. The molecular weight excluding hydrogens is 306 g/mol. The predicted molar refractivity (Wildman–Crippen MR) is 90.0 cm³/mol. The third kappa shape index (κ3) is 6.14. The molecule has 0 heterocycles. The largest absolute Gasteiger partial charge is 0.358 e. The van der Waals surface area contributed by atoms with Gasteiger partial charge in [0.2, 0.25) is 5.91 Å². The van der Waals surface area contributed by atoms with Crippen molar-refractivity contribution in [2.45, 2.75) is 13.8 Å². The van der Waals surface area contributed by atoms with E-state index in [-0.39, 0.29) is 17.6 Å². The SMILES string of the molecule is CCN(CC)C(=S)SCC(=O)NNC(=O)c1ccccc1. The molecule has 0 bridgehead atoms. The van der Waals surface area contributed by atoms with Crippen LogP contribution in [0.2, 0.25) is 0 Å². The normalized spacial score (nSPS) is 9.81. The number of amides is 2. The van der Waals surface area contributed by atoms with Crippen molar-refractivity contribution in [1.82, 2.24) is 15.8 Å². The van der Waals surface area contributed by atoms with E-state index < -0.39 is 0 Å². The fourth-order valence-electron chi connectivity index (χ4n) is 1.52. The maximum atomic E-state index is 11.7. The van der Waals surface area contributed by atoms with Gasteiger partial charge in [-0.1, -0.05) is 42.2 Å². The molecule has 0 radical (unpaired) electrons. The molecule has 2 N–H and O–H groups in total. The minimum Gasteiger partial charge on any atom is -0.358 e. The second-order valence-corrected chi connectivity index (χ2v) is 5.70. The molecule has 1 aromatic rings. The fraction of sp³-hybridized carbons (Fsp3) is 0.357. The number of hydrazine groups is 1. The van der Waals surface area contributed by atoms with Crippen LogP contribution in [0.3, 0.4) is 0 Å². The Bertz CT molecular complexity index is 490. The lowest BCUT2D eigenvalue weighted by Gasteiger charge is -2.20. The van der Waals surface area contributed by atoms with Gasteiger partial charge in [0.05, 0.1) is 5.75 Å². The van der Waals surface area contributed by atoms with Crippen LogP contribution in [-0.4, -0.2) is 39.9 Å². The van der Waals surface area contributed by atoms with Crippen LogP contribution in [0.1, 0.15) is 24.2 Å². The van der Waals surface area contributed by atoms with Crippen LogP contribution in [0.4, 0.5) is 0 Å². The van der Waals surface area contributed by atoms with E-state index in [1.165, 1.54) is 11.8 Å². The number of hydrogen-bond donors (Lipinski definition) is 2. The van der Waals surface area contributed by atoms with Crippen molar-refractivity contribution in [3.05, 3.63) is 35.9 Å². The van der Waals surface area contributed by atoms with Crippen LogP contribution in [0.25, 0.3) is 0 Å². The molecule has 5 nitrogen and oxygen atoms in total. The van der Waals surface area contributed by atoms with Crippen molar-refractivity contribution < 1.29 is 9.59 Å². The van der Waals surface area contributed by atoms with Gasteiger partial charge in [-0.25, -0.2) is 0 Å². The highest BCUT2D eigenvalue weighted by Crippen LogP contribution is 2.08. The van der Waals surface area contributed by atoms with E-state index in [0.717, 1.165) is 13.1 Å². The number of rotatable bonds is 5. The zero-order chi connectivity index (χ0) is 15.7. The van der Waals surface area contributed by atoms with Crippen LogP contribution in [0, 0.1) is 0 Å². The van der Waals surface area contributed by atoms with Gasteiger partial charge in [0.1, 0.15) is 4.32 Å². The Labute approximate surface area is 134 Å². The van der Waals surface area contributed by atoms with Gasteiger partial charge in [-0.15, -0.1) is 0 Å². The zero-order valence-electron chi connectivity index (χ0n) is 12.1. The van der Waals surface area contributed by atoms with Gasteiger partial charge in [0, 0.05) is 18.7 Å². The molecule has 2 amide bonds. The quantitative estimate of drug-likeness (QED) is 0.639. The maximum Gasteiger partial charge on any atom is 0.269 e. The third-order valence-corrected chi connectivity index (χ3v) is 4.22. The number of thiocarbonyl (C=S) groups is 1. The lowest BCUT2D eigenvalue weighted by Crippen LogP contribution is -2.42. The second kappa shape index (κ2) is 9.36. The number of carbonyl (C=O) groups excluding carboxylic acids is 2. The molecule has 0 aliphatic carbocycles. The lowest BCUT2D eigenvalue weighted by atomic mass is 10.2. The molecular formula is C14H19N3O2S2. The minimum atomic E-state index is -0.347. The van der Waals surface area contributed by atoms with Gasteiger partial charge in [0.25, 0.3) is 5.91 Å². The summed E-state index contributed by atoms with van der Waals surface area (Å²) >= 11 is 6.51. The summed E-state index contributed by atoms with van der Waals surface area (Å²) in [4.78, 5) is 25.4. The Morgan fingerprint density at radius 2 is 1.76 bits per heavy atom.